The van der Waals surface area contributed by atoms with Crippen molar-refractivity contribution in [3.63, 3.8) is 0 Å². The van der Waals surface area contributed by atoms with Crippen molar-refractivity contribution in [1.82, 2.24) is 9.97 Å². The van der Waals surface area contributed by atoms with Gasteiger partial charge >= 0.3 is 0 Å². The predicted molar refractivity (Wildman–Crippen MR) is 89.3 cm³/mol. The Labute approximate surface area is 132 Å². The Balaban J connectivity index is 2.05. The monoisotopic (exact) mass is 351 g/mol. The summed E-state index contributed by atoms with van der Waals surface area (Å²) in [7, 11) is 0. The third-order valence-electron chi connectivity index (χ3n) is 2.65. The van der Waals surface area contributed by atoms with Crippen LogP contribution in [0.4, 0.5) is 5.82 Å². The van der Waals surface area contributed by atoms with Gasteiger partial charge in [0.05, 0.1) is 5.75 Å². The van der Waals surface area contributed by atoms with Crippen molar-refractivity contribution >= 4 is 33.5 Å². The maximum atomic E-state index is 4.56. The first kappa shape index (κ1) is 15.3. The molecule has 0 fully saturated rings. The summed E-state index contributed by atoms with van der Waals surface area (Å²) in [6.07, 6.45) is 1.09. The molecule has 0 radical (unpaired) electrons. The van der Waals surface area contributed by atoms with E-state index in [9.17, 15) is 0 Å². The third-order valence-corrected chi connectivity index (χ3v) is 4.67. The Bertz CT molecular complexity index is 575. The number of hydrogen-bond acceptors (Lipinski definition) is 4. The summed E-state index contributed by atoms with van der Waals surface area (Å²) >= 11 is 5.30. The fourth-order valence-corrected chi connectivity index (χ4v) is 3.16. The largest absolute Gasteiger partial charge is 0.370 e. The second-order valence-electron chi connectivity index (χ2n) is 4.46. The van der Waals surface area contributed by atoms with E-state index in [0.717, 1.165) is 40.5 Å². The zero-order valence-electron chi connectivity index (χ0n) is 11.7. The molecule has 0 amide bonds. The van der Waals surface area contributed by atoms with Crippen LogP contribution in [0, 0.1) is 6.92 Å². The fraction of sp³-hybridized carbons (Fsp3) is 0.333. The van der Waals surface area contributed by atoms with E-state index in [0.29, 0.717) is 0 Å². The minimum Gasteiger partial charge on any atom is -0.370 e. The van der Waals surface area contributed by atoms with Gasteiger partial charge in [0, 0.05) is 27.7 Å². The number of aromatic nitrogens is 2. The van der Waals surface area contributed by atoms with Crippen molar-refractivity contribution < 1.29 is 0 Å². The molecule has 0 spiro atoms. The first-order valence-electron chi connectivity index (χ1n) is 6.65. The van der Waals surface area contributed by atoms with E-state index in [1.54, 1.807) is 11.8 Å². The van der Waals surface area contributed by atoms with E-state index in [1.165, 1.54) is 4.90 Å². The zero-order valence-corrected chi connectivity index (χ0v) is 14.1. The summed E-state index contributed by atoms with van der Waals surface area (Å²) in [5, 5.41) is 3.32. The maximum absolute atomic E-state index is 4.56. The van der Waals surface area contributed by atoms with E-state index < -0.39 is 0 Å². The molecule has 0 atom stereocenters. The van der Waals surface area contributed by atoms with Gasteiger partial charge in [-0.1, -0.05) is 19.1 Å². The number of nitrogens with one attached hydrogen (secondary N) is 1. The molecular weight excluding hydrogens is 334 g/mol. The molecule has 20 heavy (non-hydrogen) atoms. The highest BCUT2D eigenvalue weighted by Crippen LogP contribution is 2.29. The van der Waals surface area contributed by atoms with Crippen LogP contribution in [-0.2, 0) is 5.75 Å². The highest BCUT2D eigenvalue weighted by atomic mass is 79.9. The minimum atomic E-state index is 0.769. The molecule has 0 aliphatic heterocycles. The van der Waals surface area contributed by atoms with E-state index in [1.807, 2.05) is 31.2 Å². The zero-order chi connectivity index (χ0) is 14.4. The Morgan fingerprint density at radius 1 is 1.25 bits per heavy atom. The van der Waals surface area contributed by atoms with Gasteiger partial charge in [-0.05, 0) is 41.4 Å². The lowest BCUT2D eigenvalue weighted by molar-refractivity contribution is 0.940. The smallest absolute Gasteiger partial charge is 0.141 e. The number of aryl methyl sites for hydroxylation is 1. The van der Waals surface area contributed by atoms with Gasteiger partial charge in [-0.25, -0.2) is 9.97 Å². The number of anilines is 1. The van der Waals surface area contributed by atoms with Gasteiger partial charge < -0.3 is 5.32 Å². The lowest BCUT2D eigenvalue weighted by atomic mass is 10.4. The maximum Gasteiger partial charge on any atom is 0.141 e. The topological polar surface area (TPSA) is 37.8 Å². The van der Waals surface area contributed by atoms with E-state index in [4.69, 9.17) is 0 Å². The summed E-state index contributed by atoms with van der Waals surface area (Å²) in [4.78, 5) is 10.3. The van der Waals surface area contributed by atoms with Crippen LogP contribution in [0.15, 0.2) is 39.7 Å². The molecular formula is C15H18BrN3S. The summed E-state index contributed by atoms with van der Waals surface area (Å²) in [5.74, 6) is 2.55. The second-order valence-corrected chi connectivity index (χ2v) is 6.33. The van der Waals surface area contributed by atoms with Crippen molar-refractivity contribution in [3.8, 4) is 0 Å². The van der Waals surface area contributed by atoms with Crippen LogP contribution in [0.5, 0.6) is 0 Å². The molecule has 1 aromatic heterocycles. The summed E-state index contributed by atoms with van der Waals surface area (Å²) in [6.45, 7) is 5.09. The molecule has 5 heteroatoms. The Kier molecular flexibility index (Phi) is 5.86. The van der Waals surface area contributed by atoms with Gasteiger partial charge in [-0.15, -0.1) is 11.8 Å². The Morgan fingerprint density at radius 3 is 2.80 bits per heavy atom. The lowest BCUT2D eigenvalue weighted by Gasteiger charge is -2.08. The molecule has 0 aliphatic carbocycles. The molecule has 0 bridgehead atoms. The van der Waals surface area contributed by atoms with Crippen LogP contribution in [0.25, 0.3) is 0 Å². The molecule has 0 saturated carbocycles. The van der Waals surface area contributed by atoms with E-state index >= 15 is 0 Å². The molecule has 1 heterocycles. The number of benzene rings is 1. The predicted octanol–water partition coefficient (Wildman–Crippen LogP) is 4.66. The molecule has 1 N–H and O–H groups in total. The first-order chi connectivity index (χ1) is 9.69. The van der Waals surface area contributed by atoms with Crippen LogP contribution in [0.3, 0.4) is 0 Å². The minimum absolute atomic E-state index is 0.769. The first-order valence-corrected chi connectivity index (χ1v) is 8.42. The highest BCUT2D eigenvalue weighted by molar-refractivity contribution is 9.10. The number of hydrogen-bond donors (Lipinski definition) is 1. The SMILES string of the molecule is CCCNc1cc(C)nc(CSc2ccccc2Br)n1. The summed E-state index contributed by atoms with van der Waals surface area (Å²) in [5.41, 5.74) is 1.00. The number of thioether (sulfide) groups is 1. The number of halogens is 1. The Morgan fingerprint density at radius 2 is 2.05 bits per heavy atom. The van der Waals surface area contributed by atoms with Gasteiger partial charge in [0.25, 0.3) is 0 Å². The van der Waals surface area contributed by atoms with Gasteiger partial charge in [-0.2, -0.15) is 0 Å². The summed E-state index contributed by atoms with van der Waals surface area (Å²) in [6, 6.07) is 10.2. The van der Waals surface area contributed by atoms with E-state index in [2.05, 4.69) is 44.2 Å². The average Bonchev–Trinajstić information content (AvgIpc) is 2.44. The van der Waals surface area contributed by atoms with Gasteiger partial charge in [0.2, 0.25) is 0 Å². The normalized spacial score (nSPS) is 10.6. The van der Waals surface area contributed by atoms with Crippen LogP contribution in [-0.4, -0.2) is 16.5 Å². The molecule has 2 aromatic rings. The quantitative estimate of drug-likeness (QED) is 0.767. The molecule has 0 aliphatic rings. The van der Waals surface area contributed by atoms with Crippen molar-refractivity contribution in [1.29, 1.82) is 0 Å². The highest BCUT2D eigenvalue weighted by Gasteiger charge is 2.05. The van der Waals surface area contributed by atoms with Crippen LogP contribution < -0.4 is 5.32 Å². The third kappa shape index (κ3) is 4.49. The lowest BCUT2D eigenvalue weighted by Crippen LogP contribution is -2.05. The Hall–Kier alpha value is -1.07. The number of rotatable bonds is 6. The van der Waals surface area contributed by atoms with Gasteiger partial charge in [-0.3, -0.25) is 0 Å². The molecule has 106 valence electrons. The van der Waals surface area contributed by atoms with Crippen molar-refractivity contribution in [2.75, 3.05) is 11.9 Å². The molecule has 2 rings (SSSR count). The standard InChI is InChI=1S/C15H18BrN3S/c1-3-8-17-14-9-11(2)18-15(19-14)10-20-13-7-5-4-6-12(13)16/h4-7,9H,3,8,10H2,1-2H3,(H,17,18,19). The van der Waals surface area contributed by atoms with Crippen molar-refractivity contribution in [3.05, 3.63) is 46.3 Å². The molecule has 3 nitrogen and oxygen atoms in total. The molecule has 0 saturated heterocycles. The van der Waals surface area contributed by atoms with Gasteiger partial charge in [0.15, 0.2) is 0 Å². The molecule has 0 unspecified atom stereocenters. The fourth-order valence-electron chi connectivity index (χ4n) is 1.74. The molecule has 1 aromatic carbocycles. The van der Waals surface area contributed by atoms with Crippen molar-refractivity contribution in [2.24, 2.45) is 0 Å². The van der Waals surface area contributed by atoms with Crippen LogP contribution in [0.1, 0.15) is 24.9 Å². The van der Waals surface area contributed by atoms with Crippen LogP contribution >= 0.6 is 27.7 Å². The summed E-state index contributed by atoms with van der Waals surface area (Å²) < 4.78 is 1.11. The average molecular weight is 352 g/mol. The second kappa shape index (κ2) is 7.64. The van der Waals surface area contributed by atoms with Crippen LogP contribution in [0.2, 0.25) is 0 Å². The van der Waals surface area contributed by atoms with E-state index in [-0.39, 0.29) is 0 Å². The van der Waals surface area contributed by atoms with Gasteiger partial charge in [0.1, 0.15) is 11.6 Å². The van der Waals surface area contributed by atoms with Crippen molar-refractivity contribution in [2.45, 2.75) is 30.9 Å². The number of nitrogens with zero attached hydrogens (tertiary/aromatic N) is 2.